The van der Waals surface area contributed by atoms with Crippen molar-refractivity contribution in [2.24, 2.45) is 7.05 Å². The summed E-state index contributed by atoms with van der Waals surface area (Å²) >= 11 is 1.55. The normalized spacial score (nSPS) is 21.0. The summed E-state index contributed by atoms with van der Waals surface area (Å²) in [5.74, 6) is 0. The first-order valence-electron chi connectivity index (χ1n) is 8.73. The number of hydrogen-bond acceptors (Lipinski definition) is 5. The quantitative estimate of drug-likeness (QED) is 0.589. The SMILES string of the molecule is Cc1cc(-c2nc3cn([C@@H]4CCNC[C@H]4F)nc3s2)cc2cn(C)nc12. The zero-order valence-electron chi connectivity index (χ0n) is 14.6. The Morgan fingerprint density at radius 3 is 2.96 bits per heavy atom. The second-order valence-electron chi connectivity index (χ2n) is 6.93. The number of piperidine rings is 1. The molecule has 1 N–H and O–H groups in total. The van der Waals surface area contributed by atoms with Gasteiger partial charge in [-0.3, -0.25) is 9.36 Å². The summed E-state index contributed by atoms with van der Waals surface area (Å²) in [6.45, 7) is 3.28. The molecule has 1 aliphatic heterocycles. The van der Waals surface area contributed by atoms with Crippen molar-refractivity contribution in [3.63, 3.8) is 0 Å². The maximum absolute atomic E-state index is 14.2. The van der Waals surface area contributed by atoms with Gasteiger partial charge in [-0.2, -0.15) is 10.2 Å². The molecule has 0 unspecified atom stereocenters. The van der Waals surface area contributed by atoms with Gasteiger partial charge >= 0.3 is 0 Å². The summed E-state index contributed by atoms with van der Waals surface area (Å²) in [5, 5.41) is 14.2. The number of benzene rings is 1. The molecule has 0 bridgehead atoms. The maximum Gasteiger partial charge on any atom is 0.166 e. The Labute approximate surface area is 153 Å². The molecule has 0 saturated carbocycles. The predicted octanol–water partition coefficient (Wildman–Crippen LogP) is 3.23. The Kier molecular flexibility index (Phi) is 3.58. The van der Waals surface area contributed by atoms with Crippen LogP contribution in [0.25, 0.3) is 31.8 Å². The molecular formula is C18H19FN6S. The third kappa shape index (κ3) is 2.52. The van der Waals surface area contributed by atoms with Gasteiger partial charge < -0.3 is 5.32 Å². The lowest BCUT2D eigenvalue weighted by molar-refractivity contribution is 0.174. The highest BCUT2D eigenvalue weighted by atomic mass is 32.1. The molecule has 4 aromatic rings. The number of halogens is 1. The Morgan fingerprint density at radius 2 is 2.15 bits per heavy atom. The molecule has 0 spiro atoms. The van der Waals surface area contributed by atoms with Gasteiger partial charge in [-0.1, -0.05) is 11.3 Å². The van der Waals surface area contributed by atoms with Crippen LogP contribution in [0.15, 0.2) is 24.5 Å². The van der Waals surface area contributed by atoms with E-state index in [1.165, 1.54) is 0 Å². The molecule has 8 heteroatoms. The van der Waals surface area contributed by atoms with Gasteiger partial charge in [0.25, 0.3) is 0 Å². The van der Waals surface area contributed by atoms with Gasteiger partial charge in [0.15, 0.2) is 4.83 Å². The van der Waals surface area contributed by atoms with Crippen molar-refractivity contribution in [1.29, 1.82) is 0 Å². The van der Waals surface area contributed by atoms with Crippen LogP contribution in [0.5, 0.6) is 0 Å². The van der Waals surface area contributed by atoms with Crippen LogP contribution < -0.4 is 5.32 Å². The number of fused-ring (bicyclic) bond motifs is 2. The molecule has 1 saturated heterocycles. The average molecular weight is 370 g/mol. The van der Waals surface area contributed by atoms with Crippen LogP contribution in [-0.2, 0) is 7.05 Å². The van der Waals surface area contributed by atoms with Crippen molar-refractivity contribution in [2.75, 3.05) is 13.1 Å². The van der Waals surface area contributed by atoms with Crippen LogP contribution in [0.3, 0.4) is 0 Å². The van der Waals surface area contributed by atoms with E-state index in [9.17, 15) is 4.39 Å². The molecule has 2 atom stereocenters. The fraction of sp³-hybridized carbons (Fsp3) is 0.389. The molecule has 3 aromatic heterocycles. The predicted molar refractivity (Wildman–Crippen MR) is 101 cm³/mol. The van der Waals surface area contributed by atoms with Crippen LogP contribution in [0.1, 0.15) is 18.0 Å². The maximum atomic E-state index is 14.2. The summed E-state index contributed by atoms with van der Waals surface area (Å²) < 4.78 is 17.8. The first kappa shape index (κ1) is 15.9. The third-order valence-corrected chi connectivity index (χ3v) is 5.97. The first-order chi connectivity index (χ1) is 12.6. The molecule has 6 nitrogen and oxygen atoms in total. The molecule has 4 heterocycles. The second-order valence-corrected chi connectivity index (χ2v) is 7.91. The highest BCUT2D eigenvalue weighted by Crippen LogP contribution is 2.33. The molecule has 1 aliphatic rings. The van der Waals surface area contributed by atoms with Crippen LogP contribution >= 0.6 is 11.3 Å². The number of nitrogens with one attached hydrogen (secondary N) is 1. The zero-order valence-corrected chi connectivity index (χ0v) is 15.4. The molecule has 26 heavy (non-hydrogen) atoms. The van der Waals surface area contributed by atoms with Crippen molar-refractivity contribution >= 4 is 32.6 Å². The molecule has 5 rings (SSSR count). The van der Waals surface area contributed by atoms with E-state index in [2.05, 4.69) is 34.6 Å². The van der Waals surface area contributed by atoms with Crippen LogP contribution in [0.2, 0.25) is 0 Å². The highest BCUT2D eigenvalue weighted by molar-refractivity contribution is 7.21. The standard InChI is InChI=1S/C18H19FN6S/c1-10-5-11(6-12-8-24(2)22-16(10)12)17-21-14-9-25(23-18(14)26-17)15-3-4-20-7-13(15)19/h5-6,8-9,13,15,20H,3-4,7H2,1-2H3/t13-,15-/m1/s1. The minimum Gasteiger partial charge on any atom is -0.314 e. The van der Waals surface area contributed by atoms with Gasteiger partial charge in [0, 0.05) is 30.7 Å². The average Bonchev–Trinajstić information content (AvgIpc) is 3.27. The van der Waals surface area contributed by atoms with Crippen molar-refractivity contribution in [3.05, 3.63) is 30.1 Å². The van der Waals surface area contributed by atoms with Gasteiger partial charge in [-0.25, -0.2) is 9.37 Å². The molecule has 1 aromatic carbocycles. The van der Waals surface area contributed by atoms with Crippen LogP contribution in [0.4, 0.5) is 4.39 Å². The topological polar surface area (TPSA) is 60.6 Å². The lowest BCUT2D eigenvalue weighted by Gasteiger charge is -2.26. The third-order valence-electron chi connectivity index (χ3n) is 4.97. The fourth-order valence-corrected chi connectivity index (χ4v) is 4.59. The second kappa shape index (κ2) is 5.85. The van der Waals surface area contributed by atoms with E-state index in [1.54, 1.807) is 16.0 Å². The Morgan fingerprint density at radius 1 is 1.27 bits per heavy atom. The van der Waals surface area contributed by atoms with E-state index in [0.29, 0.717) is 6.54 Å². The van der Waals surface area contributed by atoms with Crippen molar-refractivity contribution in [3.8, 4) is 10.6 Å². The molecule has 1 fully saturated rings. The first-order valence-corrected chi connectivity index (χ1v) is 9.55. The Bertz CT molecular complexity index is 1080. The van der Waals surface area contributed by atoms with Gasteiger partial charge in [0.2, 0.25) is 0 Å². The van der Waals surface area contributed by atoms with E-state index >= 15 is 0 Å². The molecule has 0 radical (unpaired) electrons. The van der Waals surface area contributed by atoms with Gasteiger partial charge in [0.05, 0.1) is 17.8 Å². The monoisotopic (exact) mass is 370 g/mol. The number of nitrogens with zero attached hydrogens (tertiary/aromatic N) is 5. The van der Waals surface area contributed by atoms with Gasteiger partial charge in [-0.05, 0) is 37.6 Å². The van der Waals surface area contributed by atoms with E-state index < -0.39 is 6.17 Å². The summed E-state index contributed by atoms with van der Waals surface area (Å²) in [5.41, 5.74) is 4.05. The smallest absolute Gasteiger partial charge is 0.166 e. The molecule has 134 valence electrons. The summed E-state index contributed by atoms with van der Waals surface area (Å²) in [6, 6.07) is 4.03. The molecule has 0 aliphatic carbocycles. The number of hydrogen-bond donors (Lipinski definition) is 1. The zero-order chi connectivity index (χ0) is 17.8. The summed E-state index contributed by atoms with van der Waals surface area (Å²) in [4.78, 5) is 5.60. The fourth-order valence-electron chi connectivity index (χ4n) is 3.69. The lowest BCUT2D eigenvalue weighted by Crippen LogP contribution is -2.39. The minimum absolute atomic E-state index is 0.199. The van der Waals surface area contributed by atoms with Crippen molar-refractivity contribution in [2.45, 2.75) is 25.6 Å². The number of aromatic nitrogens is 5. The molecule has 0 amide bonds. The van der Waals surface area contributed by atoms with E-state index in [-0.39, 0.29) is 6.04 Å². The summed E-state index contributed by atoms with van der Waals surface area (Å²) in [7, 11) is 1.93. The van der Waals surface area contributed by atoms with E-state index in [1.807, 2.05) is 24.1 Å². The number of aryl methyl sites for hydroxylation is 2. The number of alkyl halides is 1. The lowest BCUT2D eigenvalue weighted by atomic mass is 10.1. The van der Waals surface area contributed by atoms with Crippen molar-refractivity contribution in [1.82, 2.24) is 29.9 Å². The summed E-state index contributed by atoms with van der Waals surface area (Å²) in [6.07, 6.45) is 3.74. The Hall–Kier alpha value is -2.32. The minimum atomic E-state index is -0.909. The van der Waals surface area contributed by atoms with E-state index in [4.69, 9.17) is 4.98 Å². The number of rotatable bonds is 2. The largest absolute Gasteiger partial charge is 0.314 e. The van der Waals surface area contributed by atoms with Crippen LogP contribution in [-0.4, -0.2) is 43.8 Å². The highest BCUT2D eigenvalue weighted by Gasteiger charge is 2.27. The van der Waals surface area contributed by atoms with Gasteiger partial charge in [0.1, 0.15) is 16.7 Å². The van der Waals surface area contributed by atoms with Gasteiger partial charge in [-0.15, -0.1) is 0 Å². The van der Waals surface area contributed by atoms with E-state index in [0.717, 1.165) is 50.4 Å². The van der Waals surface area contributed by atoms with Crippen molar-refractivity contribution < 1.29 is 4.39 Å². The number of thiazole rings is 1. The Balaban J connectivity index is 1.53. The molecular weight excluding hydrogens is 351 g/mol. The van der Waals surface area contributed by atoms with Crippen LogP contribution in [0, 0.1) is 6.92 Å².